The molecule has 0 N–H and O–H groups in total. The molecule has 0 unspecified atom stereocenters. The number of hydrogen-bond donors (Lipinski definition) is 0. The summed E-state index contributed by atoms with van der Waals surface area (Å²) in [7, 11) is 0. The molecule has 2 heteroatoms. The van der Waals surface area contributed by atoms with Gasteiger partial charge in [-0.25, -0.2) is 0 Å². The zero-order valence-electron chi connectivity index (χ0n) is 31.5. The minimum atomic E-state index is 0.985. The van der Waals surface area contributed by atoms with E-state index in [1.54, 1.807) is 0 Å². The maximum atomic E-state index is 2.46. The second kappa shape index (κ2) is 16.2. The molecule has 2 nitrogen and oxygen atoms in total. The van der Waals surface area contributed by atoms with E-state index in [4.69, 9.17) is 0 Å². The Labute approximate surface area is 331 Å². The van der Waals surface area contributed by atoms with Crippen LogP contribution in [0.15, 0.2) is 235 Å². The third-order valence-electron chi connectivity index (χ3n) is 10.9. The minimum absolute atomic E-state index is 0.985. The number of para-hydroxylation sites is 4. The van der Waals surface area contributed by atoms with Crippen molar-refractivity contribution in [3.8, 4) is 33.4 Å². The fourth-order valence-corrected chi connectivity index (χ4v) is 8.08. The molecule has 56 heavy (non-hydrogen) atoms. The third kappa shape index (κ3) is 7.30. The largest absolute Gasteiger partial charge is 0.314 e. The summed E-state index contributed by atoms with van der Waals surface area (Å²) in [5.74, 6) is 0. The van der Waals surface area contributed by atoms with E-state index < -0.39 is 0 Å². The van der Waals surface area contributed by atoms with Gasteiger partial charge in [0.15, 0.2) is 0 Å². The molecular formula is C54H44N2. The van der Waals surface area contributed by atoms with E-state index in [1.165, 1.54) is 61.6 Å². The highest BCUT2D eigenvalue weighted by molar-refractivity contribution is 5.90. The molecule has 9 rings (SSSR count). The van der Waals surface area contributed by atoms with Gasteiger partial charge in [-0.1, -0.05) is 164 Å². The van der Waals surface area contributed by atoms with Crippen LogP contribution in [0.3, 0.4) is 0 Å². The molecule has 0 aromatic heterocycles. The van der Waals surface area contributed by atoms with Gasteiger partial charge in [-0.15, -0.1) is 0 Å². The number of benzene rings is 7. The van der Waals surface area contributed by atoms with Crippen molar-refractivity contribution in [2.24, 2.45) is 0 Å². The lowest BCUT2D eigenvalue weighted by molar-refractivity contribution is 0.851. The van der Waals surface area contributed by atoms with Crippen LogP contribution in [0.4, 0.5) is 28.4 Å². The first-order valence-electron chi connectivity index (χ1n) is 19.7. The maximum absolute atomic E-state index is 2.46. The number of hydrogen-bond acceptors (Lipinski definition) is 2. The van der Waals surface area contributed by atoms with Gasteiger partial charge in [0.05, 0.1) is 11.4 Å². The van der Waals surface area contributed by atoms with Gasteiger partial charge in [-0.3, -0.25) is 0 Å². The van der Waals surface area contributed by atoms with E-state index in [9.17, 15) is 0 Å². The van der Waals surface area contributed by atoms with Crippen LogP contribution in [0.5, 0.6) is 0 Å². The van der Waals surface area contributed by atoms with Gasteiger partial charge in [-0.05, 0) is 114 Å². The van der Waals surface area contributed by atoms with Crippen LogP contribution >= 0.6 is 0 Å². The van der Waals surface area contributed by atoms with Crippen molar-refractivity contribution in [3.63, 3.8) is 0 Å². The Morgan fingerprint density at radius 2 is 0.786 bits per heavy atom. The Balaban J connectivity index is 1.07. The molecule has 7 aromatic rings. The molecule has 0 saturated carbocycles. The molecule has 0 atom stereocenters. The van der Waals surface area contributed by atoms with Crippen LogP contribution in [0.2, 0.25) is 0 Å². The maximum Gasteiger partial charge on any atom is 0.0540 e. The van der Waals surface area contributed by atoms with Crippen molar-refractivity contribution in [2.45, 2.75) is 25.7 Å². The predicted octanol–water partition coefficient (Wildman–Crippen LogP) is 15.2. The van der Waals surface area contributed by atoms with E-state index in [-0.39, 0.29) is 0 Å². The van der Waals surface area contributed by atoms with Crippen LogP contribution in [0.25, 0.3) is 33.4 Å². The normalized spacial score (nSPS) is 13.7. The van der Waals surface area contributed by atoms with Crippen molar-refractivity contribution in [3.05, 3.63) is 235 Å². The highest BCUT2D eigenvalue weighted by atomic mass is 15.2. The summed E-state index contributed by atoms with van der Waals surface area (Å²) >= 11 is 0. The molecular weight excluding hydrogens is 677 g/mol. The topological polar surface area (TPSA) is 6.48 Å². The van der Waals surface area contributed by atoms with Crippen molar-refractivity contribution in [2.75, 3.05) is 9.80 Å². The highest BCUT2D eigenvalue weighted by Crippen LogP contribution is 2.44. The number of anilines is 5. The number of nitrogens with zero attached hydrogens (tertiary/aromatic N) is 2. The monoisotopic (exact) mass is 720 g/mol. The summed E-state index contributed by atoms with van der Waals surface area (Å²) in [6, 6.07) is 67.7. The van der Waals surface area contributed by atoms with Crippen molar-refractivity contribution in [1.29, 1.82) is 0 Å². The Bertz CT molecular complexity index is 2540. The summed E-state index contributed by atoms with van der Waals surface area (Å²) in [5, 5.41) is 0. The quantitative estimate of drug-likeness (QED) is 0.139. The summed E-state index contributed by atoms with van der Waals surface area (Å²) in [6.45, 7) is 0. The first-order chi connectivity index (χ1) is 27.8. The molecule has 0 spiro atoms. The second-order valence-electron chi connectivity index (χ2n) is 14.4. The molecule has 0 amide bonds. The Kier molecular flexibility index (Phi) is 10.1. The summed E-state index contributed by atoms with van der Waals surface area (Å²) in [6.07, 6.45) is 15.7. The van der Waals surface area contributed by atoms with E-state index in [0.29, 0.717) is 0 Å². The predicted molar refractivity (Wildman–Crippen MR) is 238 cm³/mol. The van der Waals surface area contributed by atoms with Gasteiger partial charge in [0, 0.05) is 33.9 Å². The number of rotatable bonds is 10. The molecule has 0 fully saturated rings. The summed E-state index contributed by atoms with van der Waals surface area (Å²) in [4.78, 5) is 4.83. The SMILES string of the molecule is C1=CCCC(C2=CC=C(N(c3ccccc3)c3ccccc3-c3ccc(-c4ccccc4N(c4ccccc4)c4ccc(-c5ccccc5)cc4)cc3)CC2)=C1. The molecule has 0 saturated heterocycles. The lowest BCUT2D eigenvalue weighted by Gasteiger charge is -2.32. The van der Waals surface area contributed by atoms with E-state index >= 15 is 0 Å². The van der Waals surface area contributed by atoms with Crippen LogP contribution in [0, 0.1) is 0 Å². The molecule has 0 aliphatic heterocycles. The van der Waals surface area contributed by atoms with Gasteiger partial charge in [-0.2, -0.15) is 0 Å². The van der Waals surface area contributed by atoms with Gasteiger partial charge in [0.2, 0.25) is 0 Å². The minimum Gasteiger partial charge on any atom is -0.314 e. The van der Waals surface area contributed by atoms with E-state index in [0.717, 1.165) is 42.7 Å². The number of allylic oxidation sites excluding steroid dienone is 8. The van der Waals surface area contributed by atoms with Crippen LogP contribution < -0.4 is 9.80 Å². The van der Waals surface area contributed by atoms with Crippen molar-refractivity contribution >= 4 is 28.4 Å². The molecule has 2 aliphatic rings. The standard InChI is InChI=1S/C54H44N2/c1-5-17-41(18-6-1)43-33-37-49(38-34-43)55(47-21-9-3-10-22-47)53-27-15-13-25-51(53)45-29-31-46(32-30-45)52-26-14-16-28-54(52)56(48-23-11-4-12-24-48)50-39-35-44(36-40-50)42-19-7-2-8-20-42/h1-7,9-19,21-35,37-39H,8,20,36,40H2. The van der Waals surface area contributed by atoms with Gasteiger partial charge < -0.3 is 9.80 Å². The Morgan fingerprint density at radius 1 is 0.321 bits per heavy atom. The lowest BCUT2D eigenvalue weighted by atomic mass is 9.90. The smallest absolute Gasteiger partial charge is 0.0540 e. The lowest BCUT2D eigenvalue weighted by Crippen LogP contribution is -2.19. The van der Waals surface area contributed by atoms with Crippen LogP contribution in [-0.4, -0.2) is 0 Å². The first-order valence-corrected chi connectivity index (χ1v) is 19.7. The van der Waals surface area contributed by atoms with Gasteiger partial charge in [0.25, 0.3) is 0 Å². The fourth-order valence-electron chi connectivity index (χ4n) is 8.08. The van der Waals surface area contributed by atoms with Crippen LogP contribution in [0.1, 0.15) is 25.7 Å². The fraction of sp³-hybridized carbons (Fsp3) is 0.0741. The average Bonchev–Trinajstić information content (AvgIpc) is 3.29. The summed E-state index contributed by atoms with van der Waals surface area (Å²) < 4.78 is 0. The highest BCUT2D eigenvalue weighted by Gasteiger charge is 2.22. The van der Waals surface area contributed by atoms with Crippen molar-refractivity contribution in [1.82, 2.24) is 0 Å². The Hall–Kier alpha value is -6.90. The van der Waals surface area contributed by atoms with Gasteiger partial charge >= 0.3 is 0 Å². The second-order valence-corrected chi connectivity index (χ2v) is 14.4. The van der Waals surface area contributed by atoms with E-state index in [2.05, 4.69) is 228 Å². The zero-order chi connectivity index (χ0) is 37.5. The van der Waals surface area contributed by atoms with Crippen LogP contribution in [-0.2, 0) is 0 Å². The van der Waals surface area contributed by atoms with E-state index in [1.807, 2.05) is 0 Å². The molecule has 2 aliphatic carbocycles. The van der Waals surface area contributed by atoms with Gasteiger partial charge in [0.1, 0.15) is 0 Å². The molecule has 0 bridgehead atoms. The Morgan fingerprint density at radius 3 is 1.34 bits per heavy atom. The van der Waals surface area contributed by atoms with Crippen molar-refractivity contribution < 1.29 is 0 Å². The first kappa shape index (κ1) is 34.8. The molecule has 270 valence electrons. The molecule has 7 aromatic carbocycles. The average molecular weight is 721 g/mol. The molecule has 0 heterocycles. The molecule has 0 radical (unpaired) electrons. The summed E-state index contributed by atoms with van der Waals surface area (Å²) in [5.41, 5.74) is 17.1. The zero-order valence-corrected chi connectivity index (χ0v) is 31.5. The third-order valence-corrected chi connectivity index (χ3v) is 10.9.